The van der Waals surface area contributed by atoms with Crippen LogP contribution in [0.2, 0.25) is 5.02 Å². The Bertz CT molecular complexity index is 1250. The lowest BCUT2D eigenvalue weighted by Crippen LogP contribution is -2.36. The van der Waals surface area contributed by atoms with Gasteiger partial charge in [-0.25, -0.2) is 9.18 Å². The Kier molecular flexibility index (Phi) is 7.86. The summed E-state index contributed by atoms with van der Waals surface area (Å²) in [6.07, 6.45) is -0.526. The number of aromatic nitrogens is 1. The second kappa shape index (κ2) is 11.2. The van der Waals surface area contributed by atoms with Gasteiger partial charge >= 0.3 is 6.09 Å². The van der Waals surface area contributed by atoms with Crippen molar-refractivity contribution < 1.29 is 23.8 Å². The van der Waals surface area contributed by atoms with E-state index in [1.54, 1.807) is 36.4 Å². The van der Waals surface area contributed by atoms with E-state index < -0.39 is 23.6 Å². The highest BCUT2D eigenvalue weighted by Crippen LogP contribution is 2.25. The van der Waals surface area contributed by atoms with Crippen molar-refractivity contribution in [1.29, 1.82) is 0 Å². The maximum absolute atomic E-state index is 14.6. The maximum atomic E-state index is 14.6. The molecular weight excluding hydrogens is 479 g/mol. The first-order chi connectivity index (χ1) is 16.9. The molecule has 1 fully saturated rings. The first kappa shape index (κ1) is 24.5. The Balaban J connectivity index is 1.41. The smallest absolute Gasteiger partial charge is 0.402 e. The quantitative estimate of drug-likeness (QED) is 0.389. The number of aliphatic hydroxyl groups is 1. The van der Waals surface area contributed by atoms with Crippen LogP contribution in [0.15, 0.2) is 59.5 Å². The van der Waals surface area contributed by atoms with Crippen LogP contribution in [0.4, 0.5) is 26.2 Å². The van der Waals surface area contributed by atoms with Crippen LogP contribution in [0.25, 0.3) is 0 Å². The van der Waals surface area contributed by atoms with Crippen molar-refractivity contribution in [3.63, 3.8) is 0 Å². The Hall–Kier alpha value is -3.60. The van der Waals surface area contributed by atoms with Crippen molar-refractivity contribution in [2.24, 2.45) is 0 Å². The van der Waals surface area contributed by atoms with Gasteiger partial charge < -0.3 is 29.8 Å². The van der Waals surface area contributed by atoms with E-state index in [4.69, 9.17) is 21.1 Å². The van der Waals surface area contributed by atoms with Gasteiger partial charge in [0, 0.05) is 36.5 Å². The Morgan fingerprint density at radius 2 is 2.03 bits per heavy atom. The van der Waals surface area contributed by atoms with Gasteiger partial charge in [0.15, 0.2) is 0 Å². The number of benzene rings is 2. The minimum atomic E-state index is -0.973. The molecule has 2 heterocycles. The van der Waals surface area contributed by atoms with Crippen molar-refractivity contribution >= 4 is 34.8 Å². The molecule has 1 atom stereocenters. The fourth-order valence-corrected chi connectivity index (χ4v) is 3.82. The number of H-pyrrole nitrogens is 1. The molecule has 1 saturated heterocycles. The third kappa shape index (κ3) is 6.30. The number of carbonyl (C=O) groups excluding carboxylic acids is 1. The molecule has 11 heteroatoms. The molecule has 0 bridgehead atoms. The van der Waals surface area contributed by atoms with Gasteiger partial charge in [0.2, 0.25) is 5.75 Å². The average Bonchev–Trinajstić information content (AvgIpc) is 2.85. The fraction of sp³-hybridized carbons (Fsp3) is 0.250. The van der Waals surface area contributed by atoms with Gasteiger partial charge in [0.25, 0.3) is 5.56 Å². The number of hydrogen-bond donors (Lipinski definition) is 4. The Morgan fingerprint density at radius 1 is 1.23 bits per heavy atom. The maximum Gasteiger partial charge on any atom is 0.417 e. The molecule has 0 unspecified atom stereocenters. The first-order valence-corrected chi connectivity index (χ1v) is 11.3. The van der Waals surface area contributed by atoms with E-state index in [2.05, 4.69) is 15.6 Å². The monoisotopic (exact) mass is 502 g/mol. The van der Waals surface area contributed by atoms with Crippen LogP contribution < -0.4 is 25.8 Å². The highest BCUT2D eigenvalue weighted by Gasteiger charge is 2.18. The minimum absolute atomic E-state index is 0.0238. The fourth-order valence-electron chi connectivity index (χ4n) is 3.62. The number of amides is 1. The van der Waals surface area contributed by atoms with Crippen molar-refractivity contribution in [1.82, 2.24) is 4.98 Å². The largest absolute Gasteiger partial charge is 0.417 e. The number of carbonyl (C=O) groups is 1. The second-order valence-electron chi connectivity index (χ2n) is 7.78. The molecule has 1 amide bonds. The van der Waals surface area contributed by atoms with Gasteiger partial charge in [0.1, 0.15) is 5.82 Å². The summed E-state index contributed by atoms with van der Waals surface area (Å²) >= 11 is 5.96. The first-order valence-electron chi connectivity index (χ1n) is 10.9. The molecule has 0 saturated carbocycles. The molecule has 3 aromatic rings. The molecule has 1 aromatic heterocycles. The van der Waals surface area contributed by atoms with Crippen LogP contribution >= 0.6 is 11.6 Å². The van der Waals surface area contributed by atoms with Crippen LogP contribution in [0.1, 0.15) is 11.7 Å². The summed E-state index contributed by atoms with van der Waals surface area (Å²) in [7, 11) is 0. The highest BCUT2D eigenvalue weighted by atomic mass is 35.5. The number of halogens is 2. The molecule has 0 aliphatic carbocycles. The number of aliphatic hydroxyl groups excluding tert-OH is 1. The molecule has 35 heavy (non-hydrogen) atoms. The SMILES string of the molecule is O=C(Nc1ccc(N2CCOCC2)c(F)c1)Oc1c(NC[C@@H](O)c2cccc(Cl)c2)cc[nH]c1=O. The predicted octanol–water partition coefficient (Wildman–Crippen LogP) is 3.76. The molecule has 4 N–H and O–H groups in total. The lowest BCUT2D eigenvalue weighted by Gasteiger charge is -2.29. The van der Waals surface area contributed by atoms with Gasteiger partial charge in [-0.1, -0.05) is 23.7 Å². The van der Waals surface area contributed by atoms with E-state index in [0.717, 1.165) is 0 Å². The summed E-state index contributed by atoms with van der Waals surface area (Å²) in [5.41, 5.74) is 0.701. The van der Waals surface area contributed by atoms with Crippen LogP contribution in [-0.4, -0.2) is 49.0 Å². The number of anilines is 3. The van der Waals surface area contributed by atoms with Crippen LogP contribution in [0.5, 0.6) is 5.75 Å². The lowest BCUT2D eigenvalue weighted by molar-refractivity contribution is 0.122. The summed E-state index contributed by atoms with van der Waals surface area (Å²) in [4.78, 5) is 29.1. The summed E-state index contributed by atoms with van der Waals surface area (Å²) < 4.78 is 25.1. The molecule has 0 spiro atoms. The van der Waals surface area contributed by atoms with Crippen LogP contribution in [-0.2, 0) is 4.74 Å². The Labute approximate surface area is 205 Å². The van der Waals surface area contributed by atoms with E-state index in [0.29, 0.717) is 42.6 Å². The lowest BCUT2D eigenvalue weighted by atomic mass is 10.1. The van der Waals surface area contributed by atoms with E-state index in [1.165, 1.54) is 18.3 Å². The summed E-state index contributed by atoms with van der Waals surface area (Å²) in [6.45, 7) is 2.21. The van der Waals surface area contributed by atoms with Crippen LogP contribution in [0, 0.1) is 5.82 Å². The predicted molar refractivity (Wildman–Crippen MR) is 131 cm³/mol. The average molecular weight is 503 g/mol. The molecular formula is C24H24ClFN4O5. The third-order valence-electron chi connectivity index (χ3n) is 5.38. The number of rotatable bonds is 7. The van der Waals surface area contributed by atoms with Gasteiger partial charge in [0.05, 0.1) is 30.7 Å². The number of nitrogens with one attached hydrogen (secondary N) is 3. The zero-order valence-corrected chi connectivity index (χ0v) is 19.3. The standard InChI is InChI=1S/C24H24ClFN4O5/c25-16-3-1-2-15(12-16)21(31)14-28-19-6-7-27-23(32)22(19)35-24(33)29-17-4-5-20(18(26)13-17)30-8-10-34-11-9-30/h1-7,12-13,21,31H,8-11,14H2,(H,29,33)(H2,27,28,32)/t21-/m1/s1. The number of nitrogens with zero attached hydrogens (tertiary/aromatic N) is 1. The van der Waals surface area contributed by atoms with Gasteiger partial charge in [-0.3, -0.25) is 10.1 Å². The van der Waals surface area contributed by atoms with E-state index in [1.807, 2.05) is 4.90 Å². The van der Waals surface area contributed by atoms with E-state index >= 15 is 0 Å². The van der Waals surface area contributed by atoms with Gasteiger partial charge in [-0.2, -0.15) is 0 Å². The molecule has 4 rings (SSSR count). The summed E-state index contributed by atoms with van der Waals surface area (Å²) in [5.74, 6) is -0.798. The third-order valence-corrected chi connectivity index (χ3v) is 5.61. The minimum Gasteiger partial charge on any atom is -0.402 e. The summed E-state index contributed by atoms with van der Waals surface area (Å²) in [5, 5.41) is 16.2. The van der Waals surface area contributed by atoms with E-state index in [-0.39, 0.29) is 23.7 Å². The van der Waals surface area contributed by atoms with Gasteiger partial charge in [-0.15, -0.1) is 0 Å². The molecule has 2 aromatic carbocycles. The normalized spacial score (nSPS) is 14.3. The van der Waals surface area contributed by atoms with E-state index in [9.17, 15) is 19.1 Å². The van der Waals surface area contributed by atoms with Crippen molar-refractivity contribution in [2.75, 3.05) is 48.4 Å². The zero-order valence-electron chi connectivity index (χ0n) is 18.6. The van der Waals surface area contributed by atoms with Crippen molar-refractivity contribution in [3.8, 4) is 5.75 Å². The molecule has 9 nitrogen and oxygen atoms in total. The summed E-state index contributed by atoms with van der Waals surface area (Å²) in [6, 6.07) is 12.5. The molecule has 1 aliphatic heterocycles. The Morgan fingerprint density at radius 3 is 2.77 bits per heavy atom. The topological polar surface area (TPSA) is 116 Å². The van der Waals surface area contributed by atoms with Crippen LogP contribution in [0.3, 0.4) is 0 Å². The molecule has 0 radical (unpaired) electrons. The number of hydrogen-bond acceptors (Lipinski definition) is 7. The van der Waals surface area contributed by atoms with Gasteiger partial charge in [-0.05, 0) is 42.0 Å². The number of aromatic amines is 1. The number of ether oxygens (including phenoxy) is 2. The van der Waals surface area contributed by atoms with Crippen molar-refractivity contribution in [2.45, 2.75) is 6.10 Å². The molecule has 1 aliphatic rings. The number of morpholine rings is 1. The highest BCUT2D eigenvalue weighted by molar-refractivity contribution is 6.30. The van der Waals surface area contributed by atoms with Crippen molar-refractivity contribution in [3.05, 3.63) is 81.5 Å². The number of pyridine rings is 1. The zero-order chi connectivity index (χ0) is 24.8. The molecule has 184 valence electrons. The second-order valence-corrected chi connectivity index (χ2v) is 8.22.